The van der Waals surface area contributed by atoms with Gasteiger partial charge in [0, 0.05) is 29.7 Å². The number of nitrogens with one attached hydrogen (secondary N) is 1. The highest BCUT2D eigenvalue weighted by Gasteiger charge is 2.18. The molecule has 1 N–H and O–H groups in total. The molecular weight excluding hydrogens is 328 g/mol. The van der Waals surface area contributed by atoms with Crippen molar-refractivity contribution in [3.8, 4) is 11.5 Å². The third-order valence-electron chi connectivity index (χ3n) is 3.01. The van der Waals surface area contributed by atoms with E-state index in [0.717, 1.165) is 4.47 Å². The number of rotatable bonds is 3. The molecule has 1 saturated heterocycles. The molecule has 1 aliphatic rings. The number of hydrogen-bond acceptors (Lipinski definition) is 4. The van der Waals surface area contributed by atoms with E-state index in [-0.39, 0.29) is 6.03 Å². The molecule has 0 bridgehead atoms. The lowest BCUT2D eigenvalue weighted by Crippen LogP contribution is -2.43. The first-order chi connectivity index (χ1) is 9.65. The second-order valence-corrected chi connectivity index (χ2v) is 5.07. The number of halogens is 1. The lowest BCUT2D eigenvalue weighted by molar-refractivity contribution is 0.0564. The van der Waals surface area contributed by atoms with Gasteiger partial charge in [-0.2, -0.15) is 0 Å². The van der Waals surface area contributed by atoms with Crippen LogP contribution in [-0.2, 0) is 4.74 Å². The quantitative estimate of drug-likeness (QED) is 0.914. The number of hydrogen-bond donors (Lipinski definition) is 1. The Balaban J connectivity index is 2.13. The SMILES string of the molecule is COc1cc(Br)c(NC(=O)N2CCOCC2)cc1OC. The van der Waals surface area contributed by atoms with E-state index in [1.807, 2.05) is 0 Å². The molecule has 2 amide bonds. The third-order valence-corrected chi connectivity index (χ3v) is 3.67. The zero-order valence-electron chi connectivity index (χ0n) is 11.4. The maximum Gasteiger partial charge on any atom is 0.322 e. The van der Waals surface area contributed by atoms with E-state index in [1.165, 1.54) is 0 Å². The maximum atomic E-state index is 12.1. The summed E-state index contributed by atoms with van der Waals surface area (Å²) in [7, 11) is 3.12. The number of anilines is 1. The maximum absolute atomic E-state index is 12.1. The van der Waals surface area contributed by atoms with Crippen LogP contribution >= 0.6 is 15.9 Å². The van der Waals surface area contributed by atoms with Gasteiger partial charge in [-0.1, -0.05) is 0 Å². The number of amides is 2. The number of nitrogens with zero attached hydrogens (tertiary/aromatic N) is 1. The minimum Gasteiger partial charge on any atom is -0.493 e. The molecular formula is C13H17BrN2O4. The molecule has 1 heterocycles. The van der Waals surface area contributed by atoms with Crippen molar-refractivity contribution < 1.29 is 19.0 Å². The zero-order valence-corrected chi connectivity index (χ0v) is 13.0. The molecule has 0 saturated carbocycles. The molecule has 0 aliphatic carbocycles. The van der Waals surface area contributed by atoms with E-state index >= 15 is 0 Å². The summed E-state index contributed by atoms with van der Waals surface area (Å²) in [5.41, 5.74) is 0.638. The molecule has 7 heteroatoms. The van der Waals surface area contributed by atoms with E-state index in [2.05, 4.69) is 21.2 Å². The Morgan fingerprint density at radius 1 is 1.25 bits per heavy atom. The molecule has 1 aliphatic heterocycles. The van der Waals surface area contributed by atoms with Gasteiger partial charge in [0.05, 0.1) is 33.1 Å². The van der Waals surface area contributed by atoms with Gasteiger partial charge in [0.25, 0.3) is 0 Å². The lowest BCUT2D eigenvalue weighted by Gasteiger charge is -2.27. The Morgan fingerprint density at radius 2 is 1.85 bits per heavy atom. The van der Waals surface area contributed by atoms with E-state index in [9.17, 15) is 4.79 Å². The number of benzene rings is 1. The van der Waals surface area contributed by atoms with Gasteiger partial charge in [0.1, 0.15) is 0 Å². The molecule has 1 fully saturated rings. The molecule has 0 atom stereocenters. The van der Waals surface area contributed by atoms with Gasteiger partial charge in [-0.15, -0.1) is 0 Å². The summed E-state index contributed by atoms with van der Waals surface area (Å²) in [6.07, 6.45) is 0. The molecule has 0 unspecified atom stereocenters. The summed E-state index contributed by atoms with van der Waals surface area (Å²) >= 11 is 3.41. The number of morpholine rings is 1. The van der Waals surface area contributed by atoms with Crippen molar-refractivity contribution in [1.82, 2.24) is 4.90 Å². The number of ether oxygens (including phenoxy) is 3. The number of methoxy groups -OCH3 is 2. The highest BCUT2D eigenvalue weighted by molar-refractivity contribution is 9.10. The Morgan fingerprint density at radius 3 is 2.45 bits per heavy atom. The van der Waals surface area contributed by atoms with Crippen LogP contribution in [-0.4, -0.2) is 51.5 Å². The Kier molecular flexibility index (Phi) is 5.08. The molecule has 110 valence electrons. The molecule has 2 rings (SSSR count). The van der Waals surface area contributed by atoms with Crippen molar-refractivity contribution in [2.45, 2.75) is 0 Å². The molecule has 0 aromatic heterocycles. The van der Waals surface area contributed by atoms with Crippen LogP contribution in [0.5, 0.6) is 11.5 Å². The number of carbonyl (C=O) groups is 1. The van der Waals surface area contributed by atoms with Crippen LogP contribution in [0, 0.1) is 0 Å². The van der Waals surface area contributed by atoms with E-state index in [0.29, 0.717) is 43.5 Å². The van der Waals surface area contributed by atoms with Crippen LogP contribution in [0.3, 0.4) is 0 Å². The zero-order chi connectivity index (χ0) is 14.5. The van der Waals surface area contributed by atoms with Gasteiger partial charge in [0.2, 0.25) is 0 Å². The topological polar surface area (TPSA) is 60.0 Å². The van der Waals surface area contributed by atoms with Crippen LogP contribution in [0.4, 0.5) is 10.5 Å². The predicted octanol–water partition coefficient (Wildman–Crippen LogP) is 2.33. The summed E-state index contributed by atoms with van der Waals surface area (Å²) in [5, 5.41) is 2.85. The lowest BCUT2D eigenvalue weighted by atomic mass is 10.2. The monoisotopic (exact) mass is 344 g/mol. The molecule has 20 heavy (non-hydrogen) atoms. The van der Waals surface area contributed by atoms with Gasteiger partial charge in [-0.25, -0.2) is 4.79 Å². The normalized spacial score (nSPS) is 14.8. The Labute approximate surface area is 126 Å². The third kappa shape index (κ3) is 3.34. The first-order valence-corrected chi connectivity index (χ1v) is 7.00. The van der Waals surface area contributed by atoms with Crippen LogP contribution in [0.2, 0.25) is 0 Å². The predicted molar refractivity (Wildman–Crippen MR) is 78.7 cm³/mol. The fourth-order valence-corrected chi connectivity index (χ4v) is 2.33. The van der Waals surface area contributed by atoms with Gasteiger partial charge >= 0.3 is 6.03 Å². The van der Waals surface area contributed by atoms with Crippen LogP contribution < -0.4 is 14.8 Å². The van der Waals surface area contributed by atoms with Gasteiger partial charge in [0.15, 0.2) is 11.5 Å². The number of carbonyl (C=O) groups excluding carboxylic acids is 1. The summed E-state index contributed by atoms with van der Waals surface area (Å²) in [6, 6.07) is 3.33. The fourth-order valence-electron chi connectivity index (χ4n) is 1.91. The van der Waals surface area contributed by atoms with Crippen LogP contribution in [0.1, 0.15) is 0 Å². The van der Waals surface area contributed by atoms with Crippen molar-refractivity contribution in [2.24, 2.45) is 0 Å². The van der Waals surface area contributed by atoms with Crippen LogP contribution in [0.25, 0.3) is 0 Å². The smallest absolute Gasteiger partial charge is 0.322 e. The number of urea groups is 1. The second-order valence-electron chi connectivity index (χ2n) is 4.22. The first kappa shape index (κ1) is 14.9. The highest BCUT2D eigenvalue weighted by Crippen LogP contribution is 2.36. The van der Waals surface area contributed by atoms with Crippen LogP contribution in [0.15, 0.2) is 16.6 Å². The summed E-state index contributed by atoms with van der Waals surface area (Å²) in [6.45, 7) is 2.33. The summed E-state index contributed by atoms with van der Waals surface area (Å²) in [4.78, 5) is 13.9. The van der Waals surface area contributed by atoms with Crippen molar-refractivity contribution in [3.63, 3.8) is 0 Å². The van der Waals surface area contributed by atoms with E-state index < -0.39 is 0 Å². The molecule has 1 aromatic carbocycles. The van der Waals surface area contributed by atoms with Crippen molar-refractivity contribution in [1.29, 1.82) is 0 Å². The first-order valence-electron chi connectivity index (χ1n) is 6.21. The van der Waals surface area contributed by atoms with E-state index in [1.54, 1.807) is 31.3 Å². The summed E-state index contributed by atoms with van der Waals surface area (Å²) in [5.74, 6) is 1.16. The standard InChI is InChI=1S/C13H17BrN2O4/c1-18-11-7-9(14)10(8-12(11)19-2)15-13(17)16-3-5-20-6-4-16/h7-8H,3-6H2,1-2H3,(H,15,17). The van der Waals surface area contributed by atoms with Gasteiger partial charge in [-0.3, -0.25) is 0 Å². The molecule has 0 radical (unpaired) electrons. The fraction of sp³-hybridized carbons (Fsp3) is 0.462. The average molecular weight is 345 g/mol. The van der Waals surface area contributed by atoms with E-state index in [4.69, 9.17) is 14.2 Å². The average Bonchev–Trinajstić information content (AvgIpc) is 2.49. The minimum absolute atomic E-state index is 0.152. The Bertz CT molecular complexity index is 490. The summed E-state index contributed by atoms with van der Waals surface area (Å²) < 4.78 is 16.4. The Hall–Kier alpha value is -1.47. The van der Waals surface area contributed by atoms with Crippen molar-refractivity contribution >= 4 is 27.6 Å². The second kappa shape index (κ2) is 6.81. The van der Waals surface area contributed by atoms with Crippen molar-refractivity contribution in [2.75, 3.05) is 45.8 Å². The van der Waals surface area contributed by atoms with Gasteiger partial charge in [-0.05, 0) is 15.9 Å². The molecule has 0 spiro atoms. The van der Waals surface area contributed by atoms with Crippen molar-refractivity contribution in [3.05, 3.63) is 16.6 Å². The minimum atomic E-state index is -0.152. The highest BCUT2D eigenvalue weighted by atomic mass is 79.9. The van der Waals surface area contributed by atoms with Gasteiger partial charge < -0.3 is 24.4 Å². The molecule has 1 aromatic rings. The largest absolute Gasteiger partial charge is 0.493 e. The molecule has 6 nitrogen and oxygen atoms in total.